The van der Waals surface area contributed by atoms with Gasteiger partial charge in [-0.3, -0.25) is 19.3 Å². The molecular weight excluding hydrogens is 410 g/mol. The molecule has 0 aliphatic rings. The van der Waals surface area contributed by atoms with E-state index in [1.54, 1.807) is 30.5 Å². The van der Waals surface area contributed by atoms with Crippen molar-refractivity contribution in [2.75, 3.05) is 0 Å². The molecule has 4 aromatic rings. The molecule has 0 aliphatic carbocycles. The smallest absolute Gasteiger partial charge is 0.294 e. The Morgan fingerprint density at radius 3 is 2.53 bits per heavy atom. The van der Waals surface area contributed by atoms with Crippen molar-refractivity contribution in [2.45, 2.75) is 4.90 Å². The van der Waals surface area contributed by atoms with Crippen LogP contribution in [-0.2, 0) is 10.1 Å². The first-order valence-corrected chi connectivity index (χ1v) is 9.86. The predicted octanol–water partition coefficient (Wildman–Crippen LogP) is 3.78. The van der Waals surface area contributed by atoms with Gasteiger partial charge in [-0.05, 0) is 49.2 Å². The lowest BCUT2D eigenvalue weighted by molar-refractivity contribution is 0.480. The van der Waals surface area contributed by atoms with E-state index in [9.17, 15) is 22.9 Å². The number of aromatic hydroxyl groups is 1. The molecule has 2 heterocycles. The third-order valence-electron chi connectivity index (χ3n) is 4.39. The van der Waals surface area contributed by atoms with Crippen LogP contribution in [0.5, 0.6) is 5.75 Å². The summed E-state index contributed by atoms with van der Waals surface area (Å²) in [6.07, 6.45) is 1.59. The van der Waals surface area contributed by atoms with E-state index in [0.717, 1.165) is 12.1 Å². The van der Waals surface area contributed by atoms with Crippen LogP contribution >= 0.6 is 0 Å². The number of aromatic nitrogens is 2. The number of aliphatic imine (C=N–C) groups is 1. The zero-order valence-electron chi connectivity index (χ0n) is 15.1. The Morgan fingerprint density at radius 2 is 1.80 bits per heavy atom. The lowest BCUT2D eigenvalue weighted by Gasteiger charge is -2.06. The van der Waals surface area contributed by atoms with Crippen LogP contribution in [0.2, 0.25) is 0 Å². The second kappa shape index (κ2) is 7.13. The van der Waals surface area contributed by atoms with Gasteiger partial charge < -0.3 is 10.1 Å². The second-order valence-electron chi connectivity index (χ2n) is 6.20. The highest BCUT2D eigenvalue weighted by atomic mass is 32.2. The average molecular weight is 423 g/mol. The van der Waals surface area contributed by atoms with Gasteiger partial charge in [-0.15, -0.1) is 10.2 Å². The van der Waals surface area contributed by atoms with Crippen LogP contribution in [0.1, 0.15) is 0 Å². The lowest BCUT2D eigenvalue weighted by Crippen LogP contribution is -2.06. The molecule has 0 bridgehead atoms. The number of hydrogen-bond acceptors (Lipinski definition) is 8. The molecule has 2 aromatic heterocycles. The van der Waals surface area contributed by atoms with Crippen LogP contribution in [0.3, 0.4) is 0 Å². The first kappa shape index (κ1) is 19.4. The van der Waals surface area contributed by atoms with Crippen molar-refractivity contribution in [3.05, 3.63) is 59.0 Å². The Bertz CT molecular complexity index is 1530. The van der Waals surface area contributed by atoms with Crippen molar-refractivity contribution in [1.82, 2.24) is 9.97 Å². The minimum absolute atomic E-state index is 0.0172. The van der Waals surface area contributed by atoms with Crippen LogP contribution < -0.4 is 5.56 Å². The van der Waals surface area contributed by atoms with Crippen LogP contribution in [0, 0.1) is 0 Å². The number of fused-ring (bicyclic) bond motifs is 2. The Hall–Kier alpha value is -3.96. The number of pyridine rings is 2. The molecule has 0 saturated carbocycles. The van der Waals surface area contributed by atoms with Gasteiger partial charge in [0.1, 0.15) is 0 Å². The average Bonchev–Trinajstić information content (AvgIpc) is 2.72. The molecule has 0 fully saturated rings. The molecule has 0 amide bonds. The topological polar surface area (TPSA) is 157 Å². The molecule has 10 nitrogen and oxygen atoms in total. The zero-order chi connectivity index (χ0) is 21.5. The minimum atomic E-state index is -4.50. The molecule has 4 rings (SSSR count). The van der Waals surface area contributed by atoms with E-state index in [1.807, 2.05) is 0 Å². The summed E-state index contributed by atoms with van der Waals surface area (Å²) >= 11 is 0. The normalized spacial score (nSPS) is 12.0. The van der Waals surface area contributed by atoms with Gasteiger partial charge in [0, 0.05) is 17.0 Å². The maximum absolute atomic E-state index is 12.3. The number of benzene rings is 2. The largest absolute Gasteiger partial charge is 0.505 e. The standard InChI is InChI=1S/C19H13N5O5S/c1-20-15-7-6-14(11-3-2-8-21-16(11)15)23-24-17-18(25)12-9-10(30(27,28)29)4-5-13(12)22-19(17)26/h2-9H,1H2,(H2,22,25,26)(H,27,28,29)/b24-23+. The van der Waals surface area contributed by atoms with Gasteiger partial charge in [0.05, 0.1) is 27.3 Å². The van der Waals surface area contributed by atoms with E-state index in [0.29, 0.717) is 22.3 Å². The minimum Gasteiger partial charge on any atom is -0.505 e. The monoisotopic (exact) mass is 423 g/mol. The van der Waals surface area contributed by atoms with E-state index in [4.69, 9.17) is 0 Å². The highest BCUT2D eigenvalue weighted by molar-refractivity contribution is 7.85. The lowest BCUT2D eigenvalue weighted by atomic mass is 10.1. The Kier molecular flexibility index (Phi) is 4.60. The number of rotatable bonds is 4. The molecule has 2 aromatic carbocycles. The summed E-state index contributed by atoms with van der Waals surface area (Å²) in [5, 5.41) is 19.0. The highest BCUT2D eigenvalue weighted by Gasteiger charge is 2.16. The SMILES string of the molecule is C=Nc1ccc(/N=N/c2c(O)c3cc(S(=O)(=O)O)ccc3[nH]c2=O)c2cccnc12. The van der Waals surface area contributed by atoms with Crippen molar-refractivity contribution in [1.29, 1.82) is 0 Å². The number of aromatic amines is 1. The fourth-order valence-electron chi connectivity index (χ4n) is 2.96. The van der Waals surface area contributed by atoms with E-state index in [-0.39, 0.29) is 10.9 Å². The number of H-pyrrole nitrogens is 1. The summed E-state index contributed by atoms with van der Waals surface area (Å²) in [5.41, 5.74) is 0.483. The third-order valence-corrected chi connectivity index (χ3v) is 5.23. The molecule has 0 saturated heterocycles. The summed E-state index contributed by atoms with van der Waals surface area (Å²) in [6.45, 7) is 3.50. The first-order chi connectivity index (χ1) is 14.3. The molecule has 150 valence electrons. The van der Waals surface area contributed by atoms with Crippen molar-refractivity contribution in [3.63, 3.8) is 0 Å². The van der Waals surface area contributed by atoms with Gasteiger partial charge in [0.25, 0.3) is 15.7 Å². The van der Waals surface area contributed by atoms with Gasteiger partial charge in [-0.25, -0.2) is 0 Å². The van der Waals surface area contributed by atoms with Crippen molar-refractivity contribution >= 4 is 55.7 Å². The Balaban J connectivity index is 1.89. The maximum atomic E-state index is 12.3. The van der Waals surface area contributed by atoms with E-state index >= 15 is 0 Å². The molecule has 3 N–H and O–H groups in total. The molecule has 0 unspecified atom stereocenters. The highest BCUT2D eigenvalue weighted by Crippen LogP contribution is 2.35. The van der Waals surface area contributed by atoms with Gasteiger partial charge in [-0.2, -0.15) is 8.42 Å². The molecule has 30 heavy (non-hydrogen) atoms. The van der Waals surface area contributed by atoms with Crippen LogP contribution in [0.4, 0.5) is 17.1 Å². The Morgan fingerprint density at radius 1 is 1.03 bits per heavy atom. The van der Waals surface area contributed by atoms with Crippen LogP contribution in [-0.4, -0.2) is 34.8 Å². The summed E-state index contributed by atoms with van der Waals surface area (Å²) in [5.74, 6) is -0.574. The van der Waals surface area contributed by atoms with Gasteiger partial charge >= 0.3 is 0 Å². The van der Waals surface area contributed by atoms with E-state index in [2.05, 4.69) is 31.9 Å². The van der Waals surface area contributed by atoms with E-state index in [1.165, 1.54) is 6.07 Å². The summed E-state index contributed by atoms with van der Waals surface area (Å²) in [4.78, 5) is 22.5. The molecule has 0 aliphatic heterocycles. The van der Waals surface area contributed by atoms with Crippen molar-refractivity contribution < 1.29 is 18.1 Å². The first-order valence-electron chi connectivity index (χ1n) is 8.42. The fourth-order valence-corrected chi connectivity index (χ4v) is 3.47. The molecular formula is C19H13N5O5S. The molecule has 0 spiro atoms. The number of nitrogens with zero attached hydrogens (tertiary/aromatic N) is 4. The summed E-state index contributed by atoms with van der Waals surface area (Å²) in [6, 6.07) is 10.1. The molecule has 0 radical (unpaired) electrons. The second-order valence-corrected chi connectivity index (χ2v) is 7.62. The molecule has 11 heteroatoms. The van der Waals surface area contributed by atoms with Crippen molar-refractivity contribution in [3.8, 4) is 5.75 Å². The van der Waals surface area contributed by atoms with Crippen LogP contribution in [0.25, 0.3) is 21.8 Å². The third kappa shape index (κ3) is 3.32. The van der Waals surface area contributed by atoms with Gasteiger partial charge in [-0.1, -0.05) is 0 Å². The number of nitrogens with one attached hydrogen (secondary N) is 1. The summed E-state index contributed by atoms with van der Waals surface area (Å²) in [7, 11) is -4.50. The van der Waals surface area contributed by atoms with E-state index < -0.39 is 32.0 Å². The predicted molar refractivity (Wildman–Crippen MR) is 111 cm³/mol. The van der Waals surface area contributed by atoms with Gasteiger partial charge in [0.15, 0.2) is 11.4 Å². The summed E-state index contributed by atoms with van der Waals surface area (Å²) < 4.78 is 32.0. The van der Waals surface area contributed by atoms with Crippen LogP contribution in [0.15, 0.2) is 73.6 Å². The zero-order valence-corrected chi connectivity index (χ0v) is 16.0. The Labute approximate surface area is 169 Å². The number of hydrogen-bond donors (Lipinski definition) is 3. The van der Waals surface area contributed by atoms with Crippen molar-refractivity contribution in [2.24, 2.45) is 15.2 Å². The fraction of sp³-hybridized carbons (Fsp3) is 0. The van der Waals surface area contributed by atoms with Gasteiger partial charge in [0.2, 0.25) is 0 Å². The number of azo groups is 1. The quantitative estimate of drug-likeness (QED) is 0.257. The maximum Gasteiger partial charge on any atom is 0.294 e. The molecule has 0 atom stereocenters.